The number of hydrogen-bond donors (Lipinski definition) is 1. The van der Waals surface area contributed by atoms with E-state index in [0.29, 0.717) is 17.0 Å². The highest BCUT2D eigenvalue weighted by atomic mass is 32.2. The van der Waals surface area contributed by atoms with Crippen molar-refractivity contribution in [3.63, 3.8) is 0 Å². The van der Waals surface area contributed by atoms with Crippen LogP contribution in [-0.2, 0) is 0 Å². The van der Waals surface area contributed by atoms with Crippen molar-refractivity contribution < 1.29 is 4.11 Å². The van der Waals surface area contributed by atoms with E-state index in [0.717, 1.165) is 44.0 Å². The van der Waals surface area contributed by atoms with Gasteiger partial charge in [-0.15, -0.1) is 0 Å². The van der Waals surface area contributed by atoms with E-state index < -0.39 is 6.18 Å². The first kappa shape index (κ1) is 9.85. The summed E-state index contributed by atoms with van der Waals surface area (Å²) in [6, 6.07) is 10.3. The first-order valence-electron chi connectivity index (χ1n) is 8.30. The maximum absolute atomic E-state index is 8.88. The molecule has 1 saturated carbocycles. The minimum absolute atomic E-state index is 0.284. The second kappa shape index (κ2) is 5.19. The summed E-state index contributed by atoms with van der Waals surface area (Å²) in [5.41, 5.74) is 2.23. The minimum Gasteiger partial charge on any atom is -0.310 e. The van der Waals surface area contributed by atoms with E-state index in [2.05, 4.69) is 11.4 Å². The lowest BCUT2D eigenvalue weighted by atomic mass is 9.61. The van der Waals surface area contributed by atoms with Gasteiger partial charge < -0.3 is 5.32 Å². The van der Waals surface area contributed by atoms with E-state index in [1.54, 1.807) is 0 Å². The number of nitriles is 1. The van der Waals surface area contributed by atoms with Gasteiger partial charge in [-0.2, -0.15) is 17.0 Å². The number of benzene rings is 1. The third-order valence-electron chi connectivity index (χ3n) is 4.61. The quantitative estimate of drug-likeness (QED) is 0.897. The highest BCUT2D eigenvalue weighted by Gasteiger charge is 2.46. The smallest absolute Gasteiger partial charge is 0.0991 e. The Morgan fingerprint density at radius 1 is 1.37 bits per heavy atom. The summed E-state index contributed by atoms with van der Waals surface area (Å²) in [5.74, 6) is 0. The molecule has 0 radical (unpaired) electrons. The van der Waals surface area contributed by atoms with Crippen LogP contribution in [0.2, 0.25) is 0 Å². The zero-order chi connectivity index (χ0) is 15.8. The van der Waals surface area contributed by atoms with E-state index >= 15 is 0 Å². The number of nitrogens with one attached hydrogen (secondary N) is 1. The van der Waals surface area contributed by atoms with Gasteiger partial charge in [-0.1, -0.05) is 12.1 Å². The maximum Gasteiger partial charge on any atom is 0.0991 e. The lowest BCUT2D eigenvalue weighted by Crippen LogP contribution is -2.47. The normalized spacial score (nSPS) is 36.7. The summed E-state index contributed by atoms with van der Waals surface area (Å²) in [6.07, 6.45) is 2.37. The minimum atomic E-state index is -1.87. The van der Waals surface area contributed by atoms with E-state index in [1.165, 1.54) is 5.56 Å². The molecular formula is C16H20N2S. The van der Waals surface area contributed by atoms with Gasteiger partial charge in [-0.05, 0) is 61.5 Å². The van der Waals surface area contributed by atoms with Crippen LogP contribution in [0.1, 0.15) is 47.0 Å². The van der Waals surface area contributed by atoms with Crippen LogP contribution >= 0.6 is 11.8 Å². The largest absolute Gasteiger partial charge is 0.310 e. The topological polar surface area (TPSA) is 35.8 Å². The predicted octanol–water partition coefficient (Wildman–Crippen LogP) is 3.49. The SMILES string of the molecule is [2H]C([2H])([2H])SC1CC2(CCN[C@H](c3ccc(C#N)cc3)C2)C1. The summed E-state index contributed by atoms with van der Waals surface area (Å²) in [7, 11) is 0. The van der Waals surface area contributed by atoms with E-state index in [-0.39, 0.29) is 5.25 Å². The summed E-state index contributed by atoms with van der Waals surface area (Å²) >= 11 is 1.16. The Morgan fingerprint density at radius 3 is 2.84 bits per heavy atom. The highest BCUT2D eigenvalue weighted by Crippen LogP contribution is 2.54. The molecule has 0 amide bonds. The first-order valence-corrected chi connectivity index (χ1v) is 7.68. The molecule has 2 fully saturated rings. The molecule has 3 heteroatoms. The van der Waals surface area contributed by atoms with Gasteiger partial charge in [0.25, 0.3) is 0 Å². The summed E-state index contributed by atoms with van der Waals surface area (Å²) in [4.78, 5) is 0. The number of rotatable bonds is 2. The Hall–Kier alpha value is -0.980. The van der Waals surface area contributed by atoms with Crippen LogP contribution in [0, 0.1) is 16.7 Å². The Kier molecular flexibility index (Phi) is 2.69. The van der Waals surface area contributed by atoms with Crippen molar-refractivity contribution in [2.24, 2.45) is 5.41 Å². The Morgan fingerprint density at radius 2 is 2.16 bits per heavy atom. The molecule has 0 bridgehead atoms. The average molecular weight is 275 g/mol. The monoisotopic (exact) mass is 275 g/mol. The van der Waals surface area contributed by atoms with Crippen molar-refractivity contribution in [2.75, 3.05) is 12.7 Å². The molecule has 1 heterocycles. The molecule has 2 nitrogen and oxygen atoms in total. The van der Waals surface area contributed by atoms with Crippen LogP contribution in [0.25, 0.3) is 0 Å². The van der Waals surface area contributed by atoms with Crippen molar-refractivity contribution in [3.8, 4) is 6.07 Å². The first-order chi connectivity index (χ1) is 10.4. The fourth-order valence-corrected chi connectivity index (χ4v) is 4.38. The van der Waals surface area contributed by atoms with Crippen molar-refractivity contribution in [1.29, 1.82) is 5.26 Å². The molecule has 1 aliphatic heterocycles. The number of piperidine rings is 1. The fraction of sp³-hybridized carbons (Fsp3) is 0.562. The molecule has 19 heavy (non-hydrogen) atoms. The van der Waals surface area contributed by atoms with Gasteiger partial charge in [0.05, 0.1) is 11.6 Å². The van der Waals surface area contributed by atoms with Crippen molar-refractivity contribution in [1.82, 2.24) is 5.32 Å². The second-order valence-corrected chi connectivity index (χ2v) is 6.75. The van der Waals surface area contributed by atoms with Gasteiger partial charge in [0.1, 0.15) is 0 Å². The van der Waals surface area contributed by atoms with Crippen LogP contribution in [-0.4, -0.2) is 18.0 Å². The lowest BCUT2D eigenvalue weighted by molar-refractivity contribution is 0.0701. The number of thioether (sulfide) groups is 1. The number of nitrogens with zero attached hydrogens (tertiary/aromatic N) is 1. The van der Waals surface area contributed by atoms with E-state index in [4.69, 9.17) is 9.37 Å². The summed E-state index contributed by atoms with van der Waals surface area (Å²) in [5, 5.41) is 12.7. The molecule has 1 aliphatic carbocycles. The van der Waals surface area contributed by atoms with Crippen LogP contribution in [0.4, 0.5) is 0 Å². The Labute approximate surface area is 123 Å². The van der Waals surface area contributed by atoms with Crippen LogP contribution in [0.15, 0.2) is 24.3 Å². The third kappa shape index (κ3) is 2.52. The maximum atomic E-state index is 8.88. The molecule has 1 aromatic rings. The van der Waals surface area contributed by atoms with Crippen molar-refractivity contribution >= 4 is 11.8 Å². The van der Waals surface area contributed by atoms with Gasteiger partial charge in [-0.3, -0.25) is 0 Å². The second-order valence-electron chi connectivity index (χ2n) is 5.84. The van der Waals surface area contributed by atoms with Crippen LogP contribution in [0.3, 0.4) is 0 Å². The predicted molar refractivity (Wildman–Crippen MR) is 80.1 cm³/mol. The van der Waals surface area contributed by atoms with E-state index in [9.17, 15) is 0 Å². The van der Waals surface area contributed by atoms with Crippen LogP contribution in [0.5, 0.6) is 0 Å². The fourth-order valence-electron chi connectivity index (χ4n) is 3.50. The molecule has 100 valence electrons. The molecule has 1 aromatic carbocycles. The van der Waals surface area contributed by atoms with Gasteiger partial charge in [0.2, 0.25) is 0 Å². The standard InChI is InChI=1S/C16H20N2S/c1-19-14-8-16(9-14)6-7-18-15(10-16)13-4-2-12(11-17)3-5-13/h2-5,14-15,18H,6-10H2,1H3/t14?,15-,16?/m0/s1/i1D3. The molecule has 0 unspecified atom stereocenters. The Bertz CT molecular complexity index is 571. The van der Waals surface area contributed by atoms with Crippen molar-refractivity contribution in [2.45, 2.75) is 37.0 Å². The van der Waals surface area contributed by atoms with E-state index in [1.807, 2.05) is 24.3 Å². The molecule has 1 spiro atoms. The molecule has 3 rings (SSSR count). The lowest BCUT2D eigenvalue weighted by Gasteiger charge is -2.52. The zero-order valence-corrected chi connectivity index (χ0v) is 11.7. The summed E-state index contributed by atoms with van der Waals surface area (Å²) in [6.45, 7) is 0.982. The number of hydrogen-bond acceptors (Lipinski definition) is 3. The third-order valence-corrected chi connectivity index (χ3v) is 5.28. The molecule has 0 aromatic heterocycles. The highest BCUT2D eigenvalue weighted by molar-refractivity contribution is 7.99. The zero-order valence-electron chi connectivity index (χ0n) is 13.9. The molecule has 1 atom stereocenters. The molecule has 1 N–H and O–H groups in total. The average Bonchev–Trinajstić information content (AvgIpc) is 2.44. The van der Waals surface area contributed by atoms with Crippen LogP contribution < -0.4 is 5.32 Å². The molecule has 2 aliphatic rings. The molecule has 1 saturated heterocycles. The van der Waals surface area contributed by atoms with Gasteiger partial charge in [-0.25, -0.2) is 0 Å². The summed E-state index contributed by atoms with van der Waals surface area (Å²) < 4.78 is 22.1. The van der Waals surface area contributed by atoms with Gasteiger partial charge >= 0.3 is 0 Å². The van der Waals surface area contributed by atoms with Crippen molar-refractivity contribution in [3.05, 3.63) is 35.4 Å². The molecular weight excluding hydrogens is 252 g/mol. The Balaban J connectivity index is 1.62. The van der Waals surface area contributed by atoms with Gasteiger partial charge in [0.15, 0.2) is 0 Å². The van der Waals surface area contributed by atoms with Gasteiger partial charge in [0, 0.05) is 15.4 Å².